The van der Waals surface area contributed by atoms with Crippen molar-refractivity contribution in [2.24, 2.45) is 0 Å². The molecular formula is C42H84N3O+. The molecule has 1 aliphatic heterocycles. The highest BCUT2D eigenvalue weighted by atomic mass is 16.1. The third-order valence-corrected chi connectivity index (χ3v) is 10.3. The fourth-order valence-corrected chi connectivity index (χ4v) is 7.17. The van der Waals surface area contributed by atoms with Crippen molar-refractivity contribution in [3.05, 3.63) is 0 Å². The van der Waals surface area contributed by atoms with Crippen molar-refractivity contribution in [3.8, 4) is 0 Å². The molecule has 1 aliphatic rings. The Bertz CT molecular complexity index is 676. The van der Waals surface area contributed by atoms with Gasteiger partial charge in [0.25, 0.3) is 0 Å². The lowest BCUT2D eigenvalue weighted by atomic mass is 10.0. The molecule has 0 aromatic rings. The van der Waals surface area contributed by atoms with Crippen LogP contribution in [0.1, 0.15) is 232 Å². The number of carbonyl (C=O) groups is 1. The van der Waals surface area contributed by atoms with Gasteiger partial charge in [0, 0.05) is 12.8 Å². The fraction of sp³-hybridized carbons (Fsp3) is 0.952. The molecular weight excluding hydrogens is 562 g/mol. The minimum atomic E-state index is 0.247. The minimum Gasteiger partial charge on any atom is -0.352 e. The minimum absolute atomic E-state index is 0.247. The Morgan fingerprint density at radius 2 is 0.870 bits per heavy atom. The smallest absolute Gasteiger partial charge is 0.244 e. The number of hydrogen-bond donors (Lipinski definition) is 2. The molecule has 0 spiro atoms. The summed E-state index contributed by atoms with van der Waals surface area (Å²) in [6.45, 7) is 8.47. The molecule has 0 saturated carbocycles. The van der Waals surface area contributed by atoms with Crippen molar-refractivity contribution >= 4 is 11.7 Å². The average Bonchev–Trinajstić information content (AvgIpc) is 3.51. The zero-order valence-electron chi connectivity index (χ0n) is 31.7. The van der Waals surface area contributed by atoms with E-state index in [2.05, 4.69) is 29.1 Å². The van der Waals surface area contributed by atoms with Gasteiger partial charge < -0.3 is 5.32 Å². The van der Waals surface area contributed by atoms with E-state index in [-0.39, 0.29) is 5.91 Å². The highest BCUT2D eigenvalue weighted by Crippen LogP contribution is 2.16. The second-order valence-corrected chi connectivity index (χ2v) is 14.8. The molecule has 0 unspecified atom stereocenters. The van der Waals surface area contributed by atoms with Crippen LogP contribution in [0.3, 0.4) is 0 Å². The highest BCUT2D eigenvalue weighted by Gasteiger charge is 2.19. The molecule has 4 heteroatoms. The number of hydrogen-bond acceptors (Lipinski definition) is 2. The van der Waals surface area contributed by atoms with Crippen LogP contribution in [0.4, 0.5) is 0 Å². The fourth-order valence-electron chi connectivity index (χ4n) is 7.17. The largest absolute Gasteiger partial charge is 0.352 e. The molecule has 46 heavy (non-hydrogen) atoms. The van der Waals surface area contributed by atoms with Gasteiger partial charge >= 0.3 is 0 Å². The lowest BCUT2D eigenvalue weighted by Gasteiger charge is -2.07. The predicted octanol–water partition coefficient (Wildman–Crippen LogP) is 12.4. The van der Waals surface area contributed by atoms with Crippen LogP contribution in [0, 0.1) is 0 Å². The van der Waals surface area contributed by atoms with Crippen molar-refractivity contribution in [3.63, 3.8) is 0 Å². The van der Waals surface area contributed by atoms with Gasteiger partial charge in [-0.25, -0.2) is 0 Å². The molecule has 0 bridgehead atoms. The SMILES string of the molecule is CCCCCCCCCCCCCCCCCCCC1=[N+](CCNC(=O)CCCCCCCCCCCCCCCCC)CCN1. The molecule has 0 aliphatic carbocycles. The third-order valence-electron chi connectivity index (χ3n) is 10.3. The number of nitrogens with zero attached hydrogens (tertiary/aromatic N) is 1. The van der Waals surface area contributed by atoms with E-state index < -0.39 is 0 Å². The number of carbonyl (C=O) groups excluding carboxylic acids is 1. The van der Waals surface area contributed by atoms with Crippen LogP contribution >= 0.6 is 0 Å². The Morgan fingerprint density at radius 1 is 0.522 bits per heavy atom. The van der Waals surface area contributed by atoms with E-state index in [1.165, 1.54) is 211 Å². The molecule has 0 fully saturated rings. The summed E-state index contributed by atoms with van der Waals surface area (Å²) in [5.74, 6) is 1.66. The topological polar surface area (TPSA) is 44.1 Å². The molecule has 272 valence electrons. The number of amidine groups is 1. The summed E-state index contributed by atoms with van der Waals surface area (Å²) in [5.41, 5.74) is 0. The summed E-state index contributed by atoms with van der Waals surface area (Å²) in [6, 6.07) is 0. The summed E-state index contributed by atoms with van der Waals surface area (Å²) in [7, 11) is 0. The maximum atomic E-state index is 12.3. The number of amides is 1. The third kappa shape index (κ3) is 29.1. The van der Waals surface area contributed by atoms with Crippen molar-refractivity contribution in [2.75, 3.05) is 26.2 Å². The van der Waals surface area contributed by atoms with E-state index >= 15 is 0 Å². The van der Waals surface area contributed by atoms with Gasteiger partial charge in [0.2, 0.25) is 11.7 Å². The van der Waals surface area contributed by atoms with Crippen molar-refractivity contribution in [2.45, 2.75) is 232 Å². The van der Waals surface area contributed by atoms with E-state index in [1.54, 1.807) is 0 Å². The second kappa shape index (κ2) is 35.3. The average molecular weight is 647 g/mol. The lowest BCUT2D eigenvalue weighted by molar-refractivity contribution is -0.517. The summed E-state index contributed by atoms with van der Waals surface area (Å²) in [6.07, 6.45) is 46.6. The lowest BCUT2D eigenvalue weighted by Crippen LogP contribution is -2.32. The first-order valence-corrected chi connectivity index (χ1v) is 21.4. The number of nitrogens with one attached hydrogen (secondary N) is 2. The maximum absolute atomic E-state index is 12.3. The van der Waals surface area contributed by atoms with E-state index in [9.17, 15) is 4.79 Å². The van der Waals surface area contributed by atoms with Crippen LogP contribution in [0.2, 0.25) is 0 Å². The van der Waals surface area contributed by atoms with Crippen LogP contribution in [-0.2, 0) is 4.79 Å². The first-order chi connectivity index (χ1) is 22.8. The first kappa shape index (κ1) is 43.0. The van der Waals surface area contributed by atoms with E-state index in [0.29, 0.717) is 6.42 Å². The molecule has 4 nitrogen and oxygen atoms in total. The van der Waals surface area contributed by atoms with Gasteiger partial charge in [-0.2, -0.15) is 0 Å². The molecule has 0 saturated heterocycles. The molecule has 1 rings (SSSR count). The number of unbranched alkanes of at least 4 members (excludes halogenated alkanes) is 30. The first-order valence-electron chi connectivity index (χ1n) is 21.4. The zero-order chi connectivity index (χ0) is 33.0. The summed E-state index contributed by atoms with van der Waals surface area (Å²) in [5, 5.41) is 6.80. The highest BCUT2D eigenvalue weighted by molar-refractivity contribution is 5.78. The standard InChI is InChI=1S/C42H83N3O/c1-3-5-7-9-11-13-15-17-19-20-22-23-25-27-29-31-33-35-41-43-37-39-45(41)40-38-44-42(46)36-34-32-30-28-26-24-21-18-16-14-12-10-8-6-4-2/h3-40H2,1-2H3,(H,44,46)/p+1. The molecule has 0 radical (unpaired) electrons. The van der Waals surface area contributed by atoms with Crippen LogP contribution in [-0.4, -0.2) is 42.5 Å². The van der Waals surface area contributed by atoms with Gasteiger partial charge in [0.05, 0.1) is 6.54 Å². The van der Waals surface area contributed by atoms with Crippen LogP contribution in [0.5, 0.6) is 0 Å². The monoisotopic (exact) mass is 647 g/mol. The normalized spacial score (nSPS) is 13.1. The van der Waals surface area contributed by atoms with Crippen LogP contribution in [0.25, 0.3) is 0 Å². The summed E-state index contributed by atoms with van der Waals surface area (Å²) >= 11 is 0. The Labute approximate surface area is 289 Å². The van der Waals surface area contributed by atoms with Gasteiger partial charge in [-0.1, -0.05) is 206 Å². The van der Waals surface area contributed by atoms with E-state index in [4.69, 9.17) is 0 Å². The molecule has 0 atom stereocenters. The second-order valence-electron chi connectivity index (χ2n) is 14.8. The van der Waals surface area contributed by atoms with Gasteiger partial charge in [-0.15, -0.1) is 0 Å². The zero-order valence-corrected chi connectivity index (χ0v) is 31.7. The quantitative estimate of drug-likeness (QED) is 0.0521. The van der Waals surface area contributed by atoms with Gasteiger partial charge in [-0.05, 0) is 12.8 Å². The molecule has 2 N–H and O–H groups in total. The van der Waals surface area contributed by atoms with Crippen molar-refractivity contribution in [1.82, 2.24) is 10.6 Å². The Hall–Kier alpha value is -1.06. The number of rotatable bonds is 37. The predicted molar refractivity (Wildman–Crippen MR) is 204 cm³/mol. The van der Waals surface area contributed by atoms with Gasteiger partial charge in [-0.3, -0.25) is 14.7 Å². The molecule has 1 amide bonds. The van der Waals surface area contributed by atoms with Crippen molar-refractivity contribution < 1.29 is 9.37 Å². The summed E-state index contributed by atoms with van der Waals surface area (Å²) in [4.78, 5) is 12.3. The Morgan fingerprint density at radius 3 is 1.26 bits per heavy atom. The molecule has 0 aromatic heterocycles. The maximum Gasteiger partial charge on any atom is 0.244 e. The Kier molecular flexibility index (Phi) is 32.9. The van der Waals surface area contributed by atoms with E-state index in [1.807, 2.05) is 0 Å². The van der Waals surface area contributed by atoms with Gasteiger partial charge in [0.1, 0.15) is 19.6 Å². The summed E-state index contributed by atoms with van der Waals surface area (Å²) < 4.78 is 2.47. The van der Waals surface area contributed by atoms with Crippen LogP contribution < -0.4 is 10.6 Å². The van der Waals surface area contributed by atoms with E-state index in [0.717, 1.165) is 32.6 Å². The van der Waals surface area contributed by atoms with Crippen LogP contribution in [0.15, 0.2) is 0 Å². The Balaban J connectivity index is 1.86. The van der Waals surface area contributed by atoms with Gasteiger partial charge in [0.15, 0.2) is 0 Å². The molecule has 1 heterocycles. The molecule has 0 aromatic carbocycles. The van der Waals surface area contributed by atoms with Crippen molar-refractivity contribution in [1.29, 1.82) is 0 Å².